The van der Waals surface area contributed by atoms with Crippen LogP contribution in [0.2, 0.25) is 0 Å². The van der Waals surface area contributed by atoms with Crippen molar-refractivity contribution in [3.8, 4) is 0 Å². The molecule has 2 atom stereocenters. The van der Waals surface area contributed by atoms with Crippen molar-refractivity contribution >= 4 is 12.1 Å². The lowest BCUT2D eigenvalue weighted by Gasteiger charge is -2.28. The van der Waals surface area contributed by atoms with E-state index < -0.39 is 23.5 Å². The van der Waals surface area contributed by atoms with Gasteiger partial charge in [-0.05, 0) is 17.8 Å². The van der Waals surface area contributed by atoms with E-state index in [-0.39, 0.29) is 25.5 Å². The summed E-state index contributed by atoms with van der Waals surface area (Å²) in [6, 6.07) is -0.992. The molecule has 1 aliphatic heterocycles. The van der Waals surface area contributed by atoms with Crippen LogP contribution in [-0.4, -0.2) is 51.5 Å². The Morgan fingerprint density at radius 3 is 2.25 bits per heavy atom. The fraction of sp³-hybridized carbons (Fsp3) is 0.800. The number of likely N-dealkylation sites (tertiary alicyclic amines) is 1. The second-order valence-electron chi connectivity index (χ2n) is 4.87. The molecule has 0 saturated carbocycles. The average Bonchev–Trinajstić information content (AvgIpc) is 2.62. The number of nitrogens with zero attached hydrogens (tertiary/aromatic N) is 1. The molecular formula is C10H17NO5. The third-order valence-electron chi connectivity index (χ3n) is 3.34. The van der Waals surface area contributed by atoms with E-state index in [0.29, 0.717) is 0 Å². The van der Waals surface area contributed by atoms with Gasteiger partial charge in [0.15, 0.2) is 0 Å². The summed E-state index contributed by atoms with van der Waals surface area (Å²) in [5.74, 6) is -1.26. The van der Waals surface area contributed by atoms with Crippen LogP contribution < -0.4 is 0 Å². The van der Waals surface area contributed by atoms with E-state index in [4.69, 9.17) is 10.2 Å². The van der Waals surface area contributed by atoms with Gasteiger partial charge in [-0.25, -0.2) is 9.59 Å². The molecule has 0 bridgehead atoms. The van der Waals surface area contributed by atoms with Crippen molar-refractivity contribution in [2.24, 2.45) is 11.3 Å². The SMILES string of the molecule is CC(C)(CO)[C@H]1C[C@@H](C(=O)O)N(C(=O)O)C1. The molecular weight excluding hydrogens is 214 g/mol. The number of carboxylic acid groups (broad SMARTS) is 2. The number of hydrogen-bond acceptors (Lipinski definition) is 3. The quantitative estimate of drug-likeness (QED) is 0.655. The third-order valence-corrected chi connectivity index (χ3v) is 3.34. The summed E-state index contributed by atoms with van der Waals surface area (Å²) < 4.78 is 0. The van der Waals surface area contributed by atoms with Crippen molar-refractivity contribution in [2.75, 3.05) is 13.2 Å². The highest BCUT2D eigenvalue weighted by Gasteiger charge is 2.45. The van der Waals surface area contributed by atoms with Gasteiger partial charge in [-0.1, -0.05) is 13.8 Å². The maximum atomic E-state index is 10.9. The second kappa shape index (κ2) is 4.29. The van der Waals surface area contributed by atoms with Gasteiger partial charge in [0.05, 0.1) is 0 Å². The normalized spacial score (nSPS) is 25.8. The molecule has 1 rings (SSSR count). The van der Waals surface area contributed by atoms with Gasteiger partial charge in [0.25, 0.3) is 0 Å². The molecule has 6 heteroatoms. The number of aliphatic carboxylic acids is 1. The van der Waals surface area contributed by atoms with E-state index in [9.17, 15) is 14.7 Å². The van der Waals surface area contributed by atoms with Crippen LogP contribution in [0, 0.1) is 11.3 Å². The molecule has 3 N–H and O–H groups in total. The van der Waals surface area contributed by atoms with Crippen LogP contribution in [0.15, 0.2) is 0 Å². The number of carboxylic acids is 1. The minimum absolute atomic E-state index is 0.0858. The molecule has 0 spiro atoms. The summed E-state index contributed by atoms with van der Waals surface area (Å²) in [7, 11) is 0. The summed E-state index contributed by atoms with van der Waals surface area (Å²) in [4.78, 5) is 22.7. The van der Waals surface area contributed by atoms with Gasteiger partial charge in [-0.3, -0.25) is 4.90 Å². The predicted molar refractivity (Wildman–Crippen MR) is 55.1 cm³/mol. The zero-order valence-electron chi connectivity index (χ0n) is 9.38. The molecule has 16 heavy (non-hydrogen) atoms. The first-order chi connectivity index (χ1) is 7.29. The lowest BCUT2D eigenvalue weighted by atomic mass is 9.78. The molecule has 0 radical (unpaired) electrons. The standard InChI is InChI=1S/C10H17NO5/c1-10(2,5-12)6-3-7(8(13)14)11(4-6)9(15)16/h6-7,12H,3-5H2,1-2H3,(H,13,14)(H,15,16)/t6-,7-/m0/s1. The zero-order valence-corrected chi connectivity index (χ0v) is 9.38. The lowest BCUT2D eigenvalue weighted by Crippen LogP contribution is -2.39. The Morgan fingerprint density at radius 1 is 1.38 bits per heavy atom. The predicted octanol–water partition coefficient (Wildman–Crippen LogP) is 0.458. The maximum Gasteiger partial charge on any atom is 0.408 e. The Morgan fingerprint density at radius 2 is 1.94 bits per heavy atom. The second-order valence-corrected chi connectivity index (χ2v) is 4.87. The van der Waals surface area contributed by atoms with Crippen molar-refractivity contribution in [1.82, 2.24) is 4.90 Å². The van der Waals surface area contributed by atoms with Crippen LogP contribution in [0.4, 0.5) is 4.79 Å². The van der Waals surface area contributed by atoms with Gasteiger partial charge >= 0.3 is 12.1 Å². The molecule has 0 aliphatic carbocycles. The Hall–Kier alpha value is -1.30. The molecule has 0 unspecified atom stereocenters. The summed E-state index contributed by atoms with van der Waals surface area (Å²) in [6.45, 7) is 3.70. The van der Waals surface area contributed by atoms with Crippen LogP contribution >= 0.6 is 0 Å². The van der Waals surface area contributed by atoms with Crippen LogP contribution in [-0.2, 0) is 4.79 Å². The number of rotatable bonds is 3. The van der Waals surface area contributed by atoms with Crippen LogP contribution in [0.5, 0.6) is 0 Å². The first-order valence-corrected chi connectivity index (χ1v) is 5.13. The maximum absolute atomic E-state index is 10.9. The van der Waals surface area contributed by atoms with E-state index in [2.05, 4.69) is 0 Å². The molecule has 1 aliphatic rings. The van der Waals surface area contributed by atoms with Gasteiger partial charge in [0.2, 0.25) is 0 Å². The van der Waals surface area contributed by atoms with Crippen LogP contribution in [0.3, 0.4) is 0 Å². The smallest absolute Gasteiger partial charge is 0.408 e. The van der Waals surface area contributed by atoms with Crippen molar-refractivity contribution in [1.29, 1.82) is 0 Å². The van der Waals surface area contributed by atoms with E-state index in [1.54, 1.807) is 0 Å². The summed E-state index contributed by atoms with van der Waals surface area (Å²) in [5.41, 5.74) is -0.460. The minimum atomic E-state index is -1.22. The molecule has 1 heterocycles. The van der Waals surface area contributed by atoms with Crippen molar-refractivity contribution in [2.45, 2.75) is 26.3 Å². The minimum Gasteiger partial charge on any atom is -0.480 e. The van der Waals surface area contributed by atoms with Crippen LogP contribution in [0.25, 0.3) is 0 Å². The Balaban J connectivity index is 2.84. The number of amides is 1. The molecule has 1 fully saturated rings. The number of aliphatic hydroxyl groups is 1. The highest BCUT2D eigenvalue weighted by Crippen LogP contribution is 2.36. The Bertz CT molecular complexity index is 280. The molecule has 1 amide bonds. The van der Waals surface area contributed by atoms with E-state index in [1.807, 2.05) is 13.8 Å². The first kappa shape index (κ1) is 12.8. The van der Waals surface area contributed by atoms with Crippen molar-refractivity contribution in [3.05, 3.63) is 0 Å². The van der Waals surface area contributed by atoms with Crippen molar-refractivity contribution < 1.29 is 24.9 Å². The number of aliphatic hydroxyl groups excluding tert-OH is 1. The molecule has 0 aromatic carbocycles. The largest absolute Gasteiger partial charge is 0.480 e. The number of carbonyl (C=O) groups is 2. The molecule has 0 aromatic rings. The summed E-state index contributed by atoms with van der Waals surface area (Å²) in [6.07, 6.45) is -0.960. The van der Waals surface area contributed by atoms with E-state index in [1.165, 1.54) is 0 Å². The van der Waals surface area contributed by atoms with Gasteiger partial charge in [-0.2, -0.15) is 0 Å². The third kappa shape index (κ3) is 2.27. The lowest BCUT2D eigenvalue weighted by molar-refractivity contribution is -0.141. The fourth-order valence-corrected chi connectivity index (χ4v) is 1.98. The summed E-state index contributed by atoms with van der Waals surface area (Å²) >= 11 is 0. The summed E-state index contributed by atoms with van der Waals surface area (Å²) in [5, 5.41) is 27.0. The van der Waals surface area contributed by atoms with Gasteiger partial charge < -0.3 is 15.3 Å². The zero-order chi connectivity index (χ0) is 12.5. The molecule has 1 saturated heterocycles. The highest BCUT2D eigenvalue weighted by molar-refractivity contribution is 5.80. The number of hydrogen-bond donors (Lipinski definition) is 3. The Labute approximate surface area is 93.5 Å². The van der Waals surface area contributed by atoms with Gasteiger partial charge in [0.1, 0.15) is 6.04 Å². The first-order valence-electron chi connectivity index (χ1n) is 5.13. The van der Waals surface area contributed by atoms with Crippen LogP contribution in [0.1, 0.15) is 20.3 Å². The van der Waals surface area contributed by atoms with Crippen molar-refractivity contribution in [3.63, 3.8) is 0 Å². The monoisotopic (exact) mass is 231 g/mol. The molecule has 0 aromatic heterocycles. The molecule has 92 valence electrons. The highest BCUT2D eigenvalue weighted by atomic mass is 16.4. The Kier molecular flexibility index (Phi) is 3.42. The van der Waals surface area contributed by atoms with E-state index >= 15 is 0 Å². The van der Waals surface area contributed by atoms with E-state index in [0.717, 1.165) is 4.90 Å². The van der Waals surface area contributed by atoms with Gasteiger partial charge in [-0.15, -0.1) is 0 Å². The topological polar surface area (TPSA) is 98.1 Å². The fourth-order valence-electron chi connectivity index (χ4n) is 1.98. The van der Waals surface area contributed by atoms with Gasteiger partial charge in [0, 0.05) is 13.2 Å². The average molecular weight is 231 g/mol. The molecule has 6 nitrogen and oxygen atoms in total.